The minimum Gasteiger partial charge on any atom is -0.496 e. The van der Waals surface area contributed by atoms with E-state index in [2.05, 4.69) is 30.0 Å². The number of benzene rings is 2. The molecule has 2 aromatic rings. The fourth-order valence-electron chi connectivity index (χ4n) is 4.51. The molecule has 0 spiro atoms. The molecule has 1 saturated heterocycles. The van der Waals surface area contributed by atoms with Crippen LogP contribution in [0.15, 0.2) is 47.6 Å². The van der Waals surface area contributed by atoms with Crippen molar-refractivity contribution in [3.63, 3.8) is 0 Å². The minimum atomic E-state index is -0.352. The first-order chi connectivity index (χ1) is 15.8. The Morgan fingerprint density at radius 1 is 1.09 bits per heavy atom. The van der Waals surface area contributed by atoms with Crippen molar-refractivity contribution in [1.82, 2.24) is 4.90 Å². The molecule has 0 radical (unpaired) electrons. The van der Waals surface area contributed by atoms with Gasteiger partial charge in [0.25, 0.3) is 0 Å². The van der Waals surface area contributed by atoms with Crippen molar-refractivity contribution in [1.29, 1.82) is 0 Å². The average molecular weight is 472 g/mol. The molecule has 2 aromatic carbocycles. The van der Waals surface area contributed by atoms with Crippen molar-refractivity contribution in [2.24, 2.45) is 17.0 Å². The molecular formula is C26H34ClN3O3. The standard InChI is InChI=1S/C26H34ClN3O3/c1-18(2)15-23(28-32)22-7-5-6-8-24(22)29-11-13-30(14-12-29)26(31)19(3)16-20-9-10-21(27)17-25(20)33-4/h5-10,17-19,23H,11-16H2,1-4H3. The van der Waals surface area contributed by atoms with Crippen LogP contribution in [0.3, 0.4) is 0 Å². The fourth-order valence-corrected chi connectivity index (χ4v) is 4.68. The second-order valence-electron chi connectivity index (χ2n) is 9.18. The molecule has 33 heavy (non-hydrogen) atoms. The fraction of sp³-hybridized carbons (Fsp3) is 0.500. The van der Waals surface area contributed by atoms with Crippen molar-refractivity contribution in [3.05, 3.63) is 63.5 Å². The van der Waals surface area contributed by atoms with Crippen LogP contribution < -0.4 is 9.64 Å². The van der Waals surface area contributed by atoms with Crippen molar-refractivity contribution in [3.8, 4) is 5.75 Å². The topological polar surface area (TPSA) is 62.2 Å². The number of nitrogens with zero attached hydrogens (tertiary/aromatic N) is 3. The van der Waals surface area contributed by atoms with E-state index in [0.717, 1.165) is 36.3 Å². The van der Waals surface area contributed by atoms with E-state index in [9.17, 15) is 9.70 Å². The number of hydrogen-bond acceptors (Lipinski definition) is 5. The average Bonchev–Trinajstić information content (AvgIpc) is 2.83. The first kappa shape index (κ1) is 25.0. The van der Waals surface area contributed by atoms with Crippen LogP contribution in [0, 0.1) is 16.7 Å². The summed E-state index contributed by atoms with van der Waals surface area (Å²) in [6, 6.07) is 13.2. The zero-order valence-electron chi connectivity index (χ0n) is 20.0. The van der Waals surface area contributed by atoms with E-state index in [1.54, 1.807) is 13.2 Å². The van der Waals surface area contributed by atoms with Crippen LogP contribution in [0.5, 0.6) is 5.75 Å². The maximum absolute atomic E-state index is 13.1. The van der Waals surface area contributed by atoms with Gasteiger partial charge in [-0.25, -0.2) is 0 Å². The smallest absolute Gasteiger partial charge is 0.225 e. The second-order valence-corrected chi connectivity index (χ2v) is 9.62. The minimum absolute atomic E-state index is 0.146. The molecule has 1 aliphatic rings. The largest absolute Gasteiger partial charge is 0.496 e. The van der Waals surface area contributed by atoms with E-state index >= 15 is 0 Å². The van der Waals surface area contributed by atoms with E-state index in [1.165, 1.54) is 0 Å². The number of methoxy groups -OCH3 is 1. The molecule has 6 nitrogen and oxygen atoms in total. The number of piperazine rings is 1. The lowest BCUT2D eigenvalue weighted by atomic mass is 9.95. The lowest BCUT2D eigenvalue weighted by Gasteiger charge is -2.38. The van der Waals surface area contributed by atoms with Gasteiger partial charge in [0.1, 0.15) is 11.8 Å². The third-order valence-electron chi connectivity index (χ3n) is 6.25. The SMILES string of the molecule is COc1cc(Cl)ccc1CC(C)C(=O)N1CCN(c2ccccc2C(CC(C)C)N=O)CC1. The molecule has 178 valence electrons. The quantitative estimate of drug-likeness (QED) is 0.438. The molecule has 0 aliphatic carbocycles. The number of ether oxygens (including phenoxy) is 1. The van der Waals surface area contributed by atoms with Crippen LogP contribution in [-0.4, -0.2) is 44.1 Å². The summed E-state index contributed by atoms with van der Waals surface area (Å²) in [7, 11) is 1.62. The third kappa shape index (κ3) is 6.26. The molecule has 2 atom stereocenters. The maximum Gasteiger partial charge on any atom is 0.225 e. The summed E-state index contributed by atoms with van der Waals surface area (Å²) in [6.07, 6.45) is 1.33. The van der Waals surface area contributed by atoms with Gasteiger partial charge >= 0.3 is 0 Å². The molecule has 7 heteroatoms. The highest BCUT2D eigenvalue weighted by molar-refractivity contribution is 6.30. The molecule has 0 saturated carbocycles. The number of para-hydroxylation sites is 1. The van der Waals surface area contributed by atoms with Crippen molar-refractivity contribution in [2.45, 2.75) is 39.7 Å². The van der Waals surface area contributed by atoms with E-state index in [1.807, 2.05) is 42.2 Å². The van der Waals surface area contributed by atoms with E-state index in [0.29, 0.717) is 36.2 Å². The molecule has 1 aliphatic heterocycles. The number of amides is 1. The molecule has 3 rings (SSSR count). The van der Waals surface area contributed by atoms with Crippen molar-refractivity contribution < 1.29 is 9.53 Å². The highest BCUT2D eigenvalue weighted by atomic mass is 35.5. The highest BCUT2D eigenvalue weighted by Crippen LogP contribution is 2.33. The zero-order valence-corrected chi connectivity index (χ0v) is 20.7. The normalized spacial score (nSPS) is 15.9. The van der Waals surface area contributed by atoms with E-state index < -0.39 is 0 Å². The van der Waals surface area contributed by atoms with Gasteiger partial charge in [0, 0.05) is 48.4 Å². The number of anilines is 1. The summed E-state index contributed by atoms with van der Waals surface area (Å²) in [5, 5.41) is 4.04. The number of carbonyl (C=O) groups excluding carboxylic acids is 1. The van der Waals surface area contributed by atoms with Crippen LogP contribution in [0.4, 0.5) is 5.69 Å². The molecule has 0 N–H and O–H groups in total. The van der Waals surface area contributed by atoms with Gasteiger partial charge in [0.15, 0.2) is 0 Å². The summed E-state index contributed by atoms with van der Waals surface area (Å²) in [6.45, 7) is 8.93. The third-order valence-corrected chi connectivity index (χ3v) is 6.48. The van der Waals surface area contributed by atoms with Gasteiger partial charge < -0.3 is 14.5 Å². The monoisotopic (exact) mass is 471 g/mol. The second kappa shape index (κ2) is 11.5. The summed E-state index contributed by atoms with van der Waals surface area (Å²) >= 11 is 6.06. The first-order valence-corrected chi connectivity index (χ1v) is 12.0. The Kier molecular flexibility index (Phi) is 8.73. The molecule has 2 unspecified atom stereocenters. The summed E-state index contributed by atoms with van der Waals surface area (Å²) in [5.41, 5.74) is 3.01. The Hall–Kier alpha value is -2.60. The predicted molar refractivity (Wildman–Crippen MR) is 134 cm³/mol. The Balaban J connectivity index is 1.64. The summed E-state index contributed by atoms with van der Waals surface area (Å²) in [5.74, 6) is 1.08. The van der Waals surface area contributed by atoms with Gasteiger partial charge in [-0.3, -0.25) is 4.79 Å². The van der Waals surface area contributed by atoms with Crippen molar-refractivity contribution in [2.75, 3.05) is 38.2 Å². The zero-order chi connectivity index (χ0) is 24.0. The highest BCUT2D eigenvalue weighted by Gasteiger charge is 2.28. The van der Waals surface area contributed by atoms with Gasteiger partial charge in [-0.15, -0.1) is 0 Å². The molecule has 0 bridgehead atoms. The Labute approximate surface area is 201 Å². The number of hydrogen-bond donors (Lipinski definition) is 0. The maximum atomic E-state index is 13.1. The van der Waals surface area contributed by atoms with Gasteiger partial charge in [0.05, 0.1) is 7.11 Å². The molecule has 0 aromatic heterocycles. The first-order valence-electron chi connectivity index (χ1n) is 11.6. The number of halogens is 1. The number of rotatable bonds is 9. The molecular weight excluding hydrogens is 438 g/mol. The van der Waals surface area contributed by atoms with Gasteiger partial charge in [-0.2, -0.15) is 4.91 Å². The Bertz CT molecular complexity index is 958. The van der Waals surface area contributed by atoms with E-state index in [-0.39, 0.29) is 17.9 Å². The Morgan fingerprint density at radius 2 is 1.79 bits per heavy atom. The van der Waals surface area contributed by atoms with Crippen LogP contribution in [0.25, 0.3) is 0 Å². The van der Waals surface area contributed by atoms with E-state index in [4.69, 9.17) is 16.3 Å². The molecule has 1 amide bonds. The van der Waals surface area contributed by atoms with Crippen LogP contribution in [0.2, 0.25) is 5.02 Å². The molecule has 1 fully saturated rings. The summed E-state index contributed by atoms with van der Waals surface area (Å²) in [4.78, 5) is 28.9. The number of carbonyl (C=O) groups is 1. The summed E-state index contributed by atoms with van der Waals surface area (Å²) < 4.78 is 5.43. The Morgan fingerprint density at radius 3 is 2.42 bits per heavy atom. The van der Waals surface area contributed by atoms with Gasteiger partial charge in [0.2, 0.25) is 5.91 Å². The van der Waals surface area contributed by atoms with Crippen molar-refractivity contribution >= 4 is 23.2 Å². The lowest BCUT2D eigenvalue weighted by molar-refractivity contribution is -0.135. The predicted octanol–water partition coefficient (Wildman–Crippen LogP) is 5.73. The number of nitroso groups, excluding NO2 is 1. The van der Waals surface area contributed by atoms with Gasteiger partial charge in [-0.05, 0) is 42.5 Å². The van der Waals surface area contributed by atoms with Crippen LogP contribution in [-0.2, 0) is 11.2 Å². The van der Waals surface area contributed by atoms with Gasteiger partial charge in [-0.1, -0.05) is 61.8 Å². The van der Waals surface area contributed by atoms with Crippen LogP contribution in [0.1, 0.15) is 44.4 Å². The van der Waals surface area contributed by atoms with Crippen LogP contribution >= 0.6 is 11.6 Å². The molecule has 1 heterocycles. The lowest BCUT2D eigenvalue weighted by Crippen LogP contribution is -2.50.